The molecule has 0 heterocycles. The fourth-order valence-corrected chi connectivity index (χ4v) is 2.90. The average Bonchev–Trinajstić information content (AvgIpc) is 2.33. The van der Waals surface area contributed by atoms with E-state index in [2.05, 4.69) is 34.6 Å². The van der Waals surface area contributed by atoms with Gasteiger partial charge in [-0.25, -0.2) is 0 Å². The number of carbonyl (C=O) groups excluding carboxylic acids is 1. The van der Waals surface area contributed by atoms with E-state index in [9.17, 15) is 9.59 Å². The zero-order chi connectivity index (χ0) is 16.3. The molecule has 1 aromatic rings. The Balaban J connectivity index is 2.82. The summed E-state index contributed by atoms with van der Waals surface area (Å²) in [5.74, 6) is -1.05. The molecule has 0 radical (unpaired) electrons. The van der Waals surface area contributed by atoms with Crippen LogP contribution in [-0.4, -0.2) is 16.9 Å². The van der Waals surface area contributed by atoms with Crippen molar-refractivity contribution < 1.29 is 14.7 Å². The lowest BCUT2D eigenvalue weighted by molar-refractivity contribution is -0.136. The molecule has 3 nitrogen and oxygen atoms in total. The van der Waals surface area contributed by atoms with Gasteiger partial charge in [0.15, 0.2) is 5.78 Å². The highest BCUT2D eigenvalue weighted by Gasteiger charge is 2.27. The van der Waals surface area contributed by atoms with Crippen molar-refractivity contribution in [3.63, 3.8) is 0 Å². The third kappa shape index (κ3) is 5.70. The van der Waals surface area contributed by atoms with Crippen LogP contribution in [0.2, 0.25) is 0 Å². The van der Waals surface area contributed by atoms with E-state index in [1.807, 2.05) is 24.3 Å². The quantitative estimate of drug-likeness (QED) is 0.788. The van der Waals surface area contributed by atoms with Gasteiger partial charge >= 0.3 is 5.97 Å². The SMILES string of the molecule is CC(C)(C)CC(C)(C)c1ccc(C(=O)CCC(=O)O)cc1. The van der Waals surface area contributed by atoms with Crippen molar-refractivity contribution in [2.75, 3.05) is 0 Å². The van der Waals surface area contributed by atoms with Crippen molar-refractivity contribution in [2.45, 2.75) is 59.3 Å². The average molecular weight is 290 g/mol. The third-order valence-electron chi connectivity index (χ3n) is 3.53. The molecule has 0 saturated carbocycles. The van der Waals surface area contributed by atoms with Crippen LogP contribution in [0, 0.1) is 5.41 Å². The van der Waals surface area contributed by atoms with E-state index in [0.29, 0.717) is 5.56 Å². The van der Waals surface area contributed by atoms with Gasteiger partial charge in [0.2, 0.25) is 0 Å². The zero-order valence-corrected chi connectivity index (χ0v) is 13.7. The summed E-state index contributed by atoms with van der Waals surface area (Å²) in [6.45, 7) is 11.1. The summed E-state index contributed by atoms with van der Waals surface area (Å²) in [4.78, 5) is 22.4. The van der Waals surface area contributed by atoms with Gasteiger partial charge in [-0.15, -0.1) is 0 Å². The summed E-state index contributed by atoms with van der Waals surface area (Å²) in [5.41, 5.74) is 2.07. The number of carboxylic acid groups (broad SMARTS) is 1. The first-order valence-electron chi connectivity index (χ1n) is 7.37. The van der Waals surface area contributed by atoms with Crippen LogP contribution in [-0.2, 0) is 10.2 Å². The van der Waals surface area contributed by atoms with E-state index < -0.39 is 5.97 Å². The number of aliphatic carboxylic acids is 1. The Labute approximate surface area is 127 Å². The second-order valence-corrected chi connectivity index (χ2v) is 7.52. The van der Waals surface area contributed by atoms with Crippen LogP contribution in [0.25, 0.3) is 0 Å². The predicted octanol–water partition coefficient (Wildman–Crippen LogP) is 4.45. The van der Waals surface area contributed by atoms with E-state index in [0.717, 1.165) is 6.42 Å². The minimum absolute atomic E-state index is 0.0426. The molecule has 0 saturated heterocycles. The van der Waals surface area contributed by atoms with Crippen LogP contribution < -0.4 is 0 Å². The lowest BCUT2D eigenvalue weighted by Crippen LogP contribution is -2.24. The predicted molar refractivity (Wildman–Crippen MR) is 84.7 cm³/mol. The molecular formula is C18H26O3. The summed E-state index contributed by atoms with van der Waals surface area (Å²) < 4.78 is 0. The van der Waals surface area contributed by atoms with E-state index in [1.165, 1.54) is 5.56 Å². The van der Waals surface area contributed by atoms with Gasteiger partial charge in [-0.05, 0) is 22.8 Å². The Hall–Kier alpha value is -1.64. The Bertz CT molecular complexity index is 504. The third-order valence-corrected chi connectivity index (χ3v) is 3.53. The minimum atomic E-state index is -0.939. The molecule has 1 rings (SSSR count). The van der Waals surface area contributed by atoms with Crippen molar-refractivity contribution in [3.05, 3.63) is 35.4 Å². The Morgan fingerprint density at radius 2 is 1.48 bits per heavy atom. The first-order chi connectivity index (χ1) is 9.51. The topological polar surface area (TPSA) is 54.4 Å². The molecule has 0 aliphatic carbocycles. The fraction of sp³-hybridized carbons (Fsp3) is 0.556. The minimum Gasteiger partial charge on any atom is -0.481 e. The van der Waals surface area contributed by atoms with Gasteiger partial charge < -0.3 is 5.11 Å². The van der Waals surface area contributed by atoms with Gasteiger partial charge in [-0.3, -0.25) is 9.59 Å². The molecule has 116 valence electrons. The number of rotatable bonds is 6. The van der Waals surface area contributed by atoms with Gasteiger partial charge in [0.25, 0.3) is 0 Å². The number of Topliss-reactive ketones (excluding diaryl/α,β-unsaturated/α-hetero) is 1. The molecule has 0 amide bonds. The molecule has 0 aliphatic heterocycles. The van der Waals surface area contributed by atoms with Gasteiger partial charge in [-0.1, -0.05) is 58.9 Å². The summed E-state index contributed by atoms with van der Waals surface area (Å²) in [5, 5.41) is 8.62. The maximum Gasteiger partial charge on any atom is 0.303 e. The Morgan fingerprint density at radius 3 is 1.90 bits per heavy atom. The van der Waals surface area contributed by atoms with Crippen LogP contribution >= 0.6 is 0 Å². The zero-order valence-electron chi connectivity index (χ0n) is 13.7. The lowest BCUT2D eigenvalue weighted by atomic mass is 9.72. The molecule has 0 spiro atoms. The fourth-order valence-electron chi connectivity index (χ4n) is 2.90. The van der Waals surface area contributed by atoms with E-state index >= 15 is 0 Å². The molecule has 3 heteroatoms. The Kier molecular flexibility index (Phi) is 5.32. The van der Waals surface area contributed by atoms with Gasteiger partial charge in [0.05, 0.1) is 6.42 Å². The smallest absolute Gasteiger partial charge is 0.303 e. The highest BCUT2D eigenvalue weighted by atomic mass is 16.4. The normalized spacial score (nSPS) is 12.2. The number of carbonyl (C=O) groups is 2. The number of benzene rings is 1. The second-order valence-electron chi connectivity index (χ2n) is 7.52. The van der Waals surface area contributed by atoms with Crippen molar-refractivity contribution in [3.8, 4) is 0 Å². The van der Waals surface area contributed by atoms with Crippen LogP contribution in [0.3, 0.4) is 0 Å². The van der Waals surface area contributed by atoms with Crippen LogP contribution in [0.4, 0.5) is 0 Å². The lowest BCUT2D eigenvalue weighted by Gasteiger charge is -2.33. The maximum absolute atomic E-state index is 11.9. The van der Waals surface area contributed by atoms with Crippen molar-refractivity contribution in [1.29, 1.82) is 0 Å². The summed E-state index contributed by atoms with van der Waals surface area (Å²) in [6, 6.07) is 7.59. The molecule has 1 N–H and O–H groups in total. The molecule has 21 heavy (non-hydrogen) atoms. The van der Waals surface area contributed by atoms with Gasteiger partial charge in [0, 0.05) is 12.0 Å². The van der Waals surface area contributed by atoms with E-state index in [4.69, 9.17) is 5.11 Å². The first-order valence-corrected chi connectivity index (χ1v) is 7.37. The highest BCUT2D eigenvalue weighted by molar-refractivity contribution is 5.97. The summed E-state index contributed by atoms with van der Waals surface area (Å²) in [7, 11) is 0. The molecule has 0 atom stereocenters. The molecule has 0 aliphatic rings. The summed E-state index contributed by atoms with van der Waals surface area (Å²) in [6.07, 6.45) is 0.989. The van der Waals surface area contributed by atoms with Crippen LogP contribution in [0.15, 0.2) is 24.3 Å². The van der Waals surface area contributed by atoms with Crippen LogP contribution in [0.5, 0.6) is 0 Å². The standard InChI is InChI=1S/C18H26O3/c1-17(2,3)12-18(4,5)14-8-6-13(7-9-14)15(19)10-11-16(20)21/h6-9H,10-12H2,1-5H3,(H,20,21). The first kappa shape index (κ1) is 17.4. The number of hydrogen-bond donors (Lipinski definition) is 1. The number of ketones is 1. The number of hydrogen-bond acceptors (Lipinski definition) is 2. The largest absolute Gasteiger partial charge is 0.481 e. The molecule has 0 aromatic heterocycles. The van der Waals surface area contributed by atoms with E-state index in [1.54, 1.807) is 0 Å². The molecular weight excluding hydrogens is 264 g/mol. The maximum atomic E-state index is 11.9. The van der Waals surface area contributed by atoms with Crippen molar-refractivity contribution in [2.24, 2.45) is 5.41 Å². The number of carboxylic acids is 1. The van der Waals surface area contributed by atoms with E-state index in [-0.39, 0.29) is 29.5 Å². The van der Waals surface area contributed by atoms with Crippen molar-refractivity contribution in [1.82, 2.24) is 0 Å². The van der Waals surface area contributed by atoms with Gasteiger partial charge in [-0.2, -0.15) is 0 Å². The molecule has 0 bridgehead atoms. The Morgan fingerprint density at radius 1 is 0.952 bits per heavy atom. The molecule has 0 unspecified atom stereocenters. The van der Waals surface area contributed by atoms with Gasteiger partial charge in [0.1, 0.15) is 0 Å². The van der Waals surface area contributed by atoms with Crippen molar-refractivity contribution >= 4 is 11.8 Å². The molecule has 1 aromatic carbocycles. The summed E-state index contributed by atoms with van der Waals surface area (Å²) >= 11 is 0. The highest BCUT2D eigenvalue weighted by Crippen LogP contribution is 2.36. The molecule has 0 fully saturated rings. The monoisotopic (exact) mass is 290 g/mol. The van der Waals surface area contributed by atoms with Crippen LogP contribution in [0.1, 0.15) is 69.8 Å². The second kappa shape index (κ2) is 6.42.